The number of anilines is 1. The summed E-state index contributed by atoms with van der Waals surface area (Å²) in [5, 5.41) is 6.98. The van der Waals surface area contributed by atoms with Crippen molar-refractivity contribution in [2.45, 2.75) is 6.92 Å². The van der Waals surface area contributed by atoms with Crippen molar-refractivity contribution in [2.75, 3.05) is 5.32 Å². The van der Waals surface area contributed by atoms with Gasteiger partial charge in [-0.15, -0.1) is 5.10 Å². The predicted octanol–water partition coefficient (Wildman–Crippen LogP) is 4.53. The molecule has 4 nitrogen and oxygen atoms in total. The Kier molecular flexibility index (Phi) is 4.31. The Morgan fingerprint density at radius 1 is 1.18 bits per heavy atom. The zero-order chi connectivity index (χ0) is 15.5. The molecule has 0 radical (unpaired) electrons. The van der Waals surface area contributed by atoms with Gasteiger partial charge in [0.1, 0.15) is 10.6 Å². The summed E-state index contributed by atoms with van der Waals surface area (Å²) in [4.78, 5) is 13.0. The number of halogens is 1. The zero-order valence-corrected chi connectivity index (χ0v) is 14.1. The van der Waals surface area contributed by atoms with Gasteiger partial charge in [-0.3, -0.25) is 4.79 Å². The average Bonchev–Trinajstić information content (AvgIpc) is 2.97. The van der Waals surface area contributed by atoms with Crippen molar-refractivity contribution in [2.24, 2.45) is 0 Å². The van der Waals surface area contributed by atoms with Gasteiger partial charge in [-0.25, -0.2) is 0 Å². The summed E-state index contributed by atoms with van der Waals surface area (Å²) < 4.78 is 4.90. The first-order valence-corrected chi connectivity index (χ1v) is 8.16. The molecule has 0 saturated heterocycles. The molecule has 3 aromatic rings. The van der Waals surface area contributed by atoms with E-state index in [1.165, 1.54) is 0 Å². The molecule has 3 rings (SSSR count). The lowest BCUT2D eigenvalue weighted by Gasteiger charge is -2.05. The number of aryl methyl sites for hydroxylation is 1. The quantitative estimate of drug-likeness (QED) is 0.733. The van der Waals surface area contributed by atoms with Gasteiger partial charge in [0.25, 0.3) is 5.91 Å². The maximum absolute atomic E-state index is 12.5. The maximum Gasteiger partial charge on any atom is 0.269 e. The van der Waals surface area contributed by atoms with Gasteiger partial charge >= 0.3 is 0 Å². The Balaban J connectivity index is 1.88. The molecule has 0 atom stereocenters. The molecular formula is C16H12BrN3OS. The molecule has 110 valence electrons. The lowest BCUT2D eigenvalue weighted by molar-refractivity contribution is 0.103. The van der Waals surface area contributed by atoms with E-state index in [1.54, 1.807) is 0 Å². The van der Waals surface area contributed by atoms with Crippen LogP contribution in [-0.4, -0.2) is 15.5 Å². The molecule has 0 aliphatic rings. The highest BCUT2D eigenvalue weighted by atomic mass is 79.9. The average molecular weight is 374 g/mol. The van der Waals surface area contributed by atoms with Crippen LogP contribution < -0.4 is 5.32 Å². The Labute approximate surface area is 140 Å². The van der Waals surface area contributed by atoms with E-state index in [-0.39, 0.29) is 5.91 Å². The highest BCUT2D eigenvalue weighted by molar-refractivity contribution is 9.10. The Hall–Kier alpha value is -2.05. The normalized spacial score (nSPS) is 10.5. The minimum Gasteiger partial charge on any atom is -0.321 e. The minimum atomic E-state index is -0.196. The number of rotatable bonds is 3. The number of carbonyl (C=O) groups is 1. The Morgan fingerprint density at radius 2 is 1.95 bits per heavy atom. The first-order chi connectivity index (χ1) is 10.6. The summed E-state index contributed by atoms with van der Waals surface area (Å²) in [5.74, 6) is -0.196. The molecule has 1 N–H and O–H groups in total. The topological polar surface area (TPSA) is 54.9 Å². The molecule has 1 heterocycles. The molecule has 2 aromatic carbocycles. The molecule has 0 fully saturated rings. The summed E-state index contributed by atoms with van der Waals surface area (Å²) in [5.41, 5.74) is 3.32. The van der Waals surface area contributed by atoms with Crippen LogP contribution in [0.15, 0.2) is 53.0 Å². The Bertz CT molecular complexity index is 814. The number of hydrogen-bond donors (Lipinski definition) is 1. The number of benzene rings is 2. The molecule has 0 spiro atoms. The second-order valence-corrected chi connectivity index (χ2v) is 6.45. The SMILES string of the molecule is Cc1cccc(NC(=O)c2snnc2-c2ccc(Br)cc2)c1. The van der Waals surface area contributed by atoms with Crippen LogP contribution in [0.5, 0.6) is 0 Å². The molecule has 22 heavy (non-hydrogen) atoms. The van der Waals surface area contributed by atoms with Gasteiger partial charge < -0.3 is 5.32 Å². The lowest BCUT2D eigenvalue weighted by Crippen LogP contribution is -2.11. The molecule has 0 aliphatic heterocycles. The highest BCUT2D eigenvalue weighted by Crippen LogP contribution is 2.26. The number of amides is 1. The van der Waals surface area contributed by atoms with Crippen molar-refractivity contribution < 1.29 is 4.79 Å². The smallest absolute Gasteiger partial charge is 0.269 e. The zero-order valence-electron chi connectivity index (χ0n) is 11.7. The fourth-order valence-electron chi connectivity index (χ4n) is 2.05. The minimum absolute atomic E-state index is 0.196. The number of nitrogens with zero attached hydrogens (tertiary/aromatic N) is 2. The second kappa shape index (κ2) is 6.37. The second-order valence-electron chi connectivity index (χ2n) is 4.78. The van der Waals surface area contributed by atoms with Crippen LogP contribution in [0.25, 0.3) is 11.3 Å². The molecule has 0 aliphatic carbocycles. The van der Waals surface area contributed by atoms with Crippen molar-refractivity contribution in [3.8, 4) is 11.3 Å². The third-order valence-corrected chi connectivity index (χ3v) is 4.34. The van der Waals surface area contributed by atoms with Crippen LogP contribution in [0, 0.1) is 6.92 Å². The number of aromatic nitrogens is 2. The Morgan fingerprint density at radius 3 is 2.68 bits per heavy atom. The van der Waals surface area contributed by atoms with Crippen LogP contribution in [0.2, 0.25) is 0 Å². The van der Waals surface area contributed by atoms with E-state index in [4.69, 9.17) is 0 Å². The van der Waals surface area contributed by atoms with Gasteiger partial charge in [0, 0.05) is 15.7 Å². The summed E-state index contributed by atoms with van der Waals surface area (Å²) in [6.07, 6.45) is 0. The van der Waals surface area contributed by atoms with E-state index in [2.05, 4.69) is 30.8 Å². The van der Waals surface area contributed by atoms with Gasteiger partial charge in [-0.05, 0) is 48.3 Å². The van der Waals surface area contributed by atoms with E-state index >= 15 is 0 Å². The molecule has 1 amide bonds. The largest absolute Gasteiger partial charge is 0.321 e. The van der Waals surface area contributed by atoms with Crippen LogP contribution in [0.4, 0.5) is 5.69 Å². The third-order valence-electron chi connectivity index (χ3n) is 3.09. The summed E-state index contributed by atoms with van der Waals surface area (Å²) in [7, 11) is 0. The van der Waals surface area contributed by atoms with Crippen molar-refractivity contribution in [1.29, 1.82) is 0 Å². The van der Waals surface area contributed by atoms with Gasteiger partial charge in [0.2, 0.25) is 0 Å². The molecule has 1 aromatic heterocycles. The number of hydrogen-bond acceptors (Lipinski definition) is 4. The first-order valence-electron chi connectivity index (χ1n) is 6.60. The van der Waals surface area contributed by atoms with Crippen LogP contribution in [-0.2, 0) is 0 Å². The standard InChI is InChI=1S/C16H12BrN3OS/c1-10-3-2-4-13(9-10)18-16(21)15-14(19-20-22-15)11-5-7-12(17)8-6-11/h2-9H,1H3,(H,18,21). The first kappa shape index (κ1) is 14.9. The number of carbonyl (C=O) groups excluding carboxylic acids is 1. The fraction of sp³-hybridized carbons (Fsp3) is 0.0625. The summed E-state index contributed by atoms with van der Waals surface area (Å²) in [6, 6.07) is 15.3. The van der Waals surface area contributed by atoms with E-state index < -0.39 is 0 Å². The van der Waals surface area contributed by atoms with Crippen LogP contribution in [0.1, 0.15) is 15.2 Å². The molecule has 6 heteroatoms. The molecule has 0 bridgehead atoms. The summed E-state index contributed by atoms with van der Waals surface area (Å²) in [6.45, 7) is 1.98. The van der Waals surface area contributed by atoms with Crippen LogP contribution in [0.3, 0.4) is 0 Å². The predicted molar refractivity (Wildman–Crippen MR) is 92.2 cm³/mol. The van der Waals surface area contributed by atoms with Gasteiger partial charge in [0.15, 0.2) is 0 Å². The van der Waals surface area contributed by atoms with Crippen molar-refractivity contribution in [1.82, 2.24) is 9.59 Å². The van der Waals surface area contributed by atoms with Crippen molar-refractivity contribution in [3.63, 3.8) is 0 Å². The molecule has 0 saturated carbocycles. The van der Waals surface area contributed by atoms with E-state index in [0.29, 0.717) is 10.6 Å². The van der Waals surface area contributed by atoms with Crippen LogP contribution >= 0.6 is 27.5 Å². The van der Waals surface area contributed by atoms with Gasteiger partial charge in [-0.2, -0.15) is 0 Å². The molecular weight excluding hydrogens is 362 g/mol. The maximum atomic E-state index is 12.5. The number of nitrogens with one attached hydrogen (secondary N) is 1. The highest BCUT2D eigenvalue weighted by Gasteiger charge is 2.18. The van der Waals surface area contributed by atoms with Crippen molar-refractivity contribution >= 4 is 39.1 Å². The monoisotopic (exact) mass is 373 g/mol. The third kappa shape index (κ3) is 3.23. The van der Waals surface area contributed by atoms with Gasteiger partial charge in [0.05, 0.1) is 0 Å². The lowest BCUT2D eigenvalue weighted by atomic mass is 10.1. The van der Waals surface area contributed by atoms with E-state index in [0.717, 1.165) is 32.8 Å². The van der Waals surface area contributed by atoms with E-state index in [1.807, 2.05) is 55.5 Å². The fourth-order valence-corrected chi connectivity index (χ4v) is 2.89. The van der Waals surface area contributed by atoms with E-state index in [9.17, 15) is 4.79 Å². The molecule has 0 unspecified atom stereocenters. The van der Waals surface area contributed by atoms with Gasteiger partial charge in [-0.1, -0.05) is 44.7 Å². The summed E-state index contributed by atoms with van der Waals surface area (Å²) >= 11 is 4.49. The van der Waals surface area contributed by atoms with Crippen molar-refractivity contribution in [3.05, 3.63) is 63.4 Å².